The molecule has 6 heteroatoms. The van der Waals surface area contributed by atoms with Crippen LogP contribution in [0.15, 0.2) is 0 Å². The molecule has 0 saturated carbocycles. The van der Waals surface area contributed by atoms with Crippen LogP contribution >= 0.6 is 0 Å². The van der Waals surface area contributed by atoms with Gasteiger partial charge in [0.2, 0.25) is 9.04 Å². The molecule has 0 saturated heterocycles. The Kier molecular flexibility index (Phi) is 10.1. The van der Waals surface area contributed by atoms with Crippen molar-refractivity contribution in [1.29, 1.82) is 0 Å². The third-order valence-corrected chi connectivity index (χ3v) is 3.44. The summed E-state index contributed by atoms with van der Waals surface area (Å²) in [6.07, 6.45) is 1.85. The lowest BCUT2D eigenvalue weighted by molar-refractivity contribution is 0.410. The minimum absolute atomic E-state index is 0.676. The average molecular weight is 205 g/mol. The van der Waals surface area contributed by atoms with Crippen molar-refractivity contribution in [3.63, 3.8) is 0 Å². The van der Waals surface area contributed by atoms with E-state index in [0.717, 1.165) is 25.4 Å². The van der Waals surface area contributed by atoms with E-state index in [0.29, 0.717) is 13.1 Å². The second kappa shape index (κ2) is 10.1. The normalized spacial score (nSPS) is 11.1. The molecule has 0 aliphatic carbocycles. The van der Waals surface area contributed by atoms with Crippen LogP contribution < -0.4 is 22.1 Å². The molecule has 0 aromatic heterocycles. The number of rotatable bonds is 9. The monoisotopic (exact) mass is 205 g/mol. The standard InChI is InChI=1S/C7H21N4OSi/c1-12-13(6-10-4-2-8)7-11-5-3-9/h10-11H,2-9H2,1H3. The fourth-order valence-corrected chi connectivity index (χ4v) is 2.19. The molecule has 0 fully saturated rings. The van der Waals surface area contributed by atoms with Crippen LogP contribution in [0.25, 0.3) is 0 Å². The smallest absolute Gasteiger partial charge is 0.239 e. The topological polar surface area (TPSA) is 85.3 Å². The zero-order valence-corrected chi connectivity index (χ0v) is 9.31. The Hall–Kier alpha value is 0.0169. The van der Waals surface area contributed by atoms with E-state index in [9.17, 15) is 0 Å². The lowest BCUT2D eigenvalue weighted by Gasteiger charge is -2.13. The molecule has 5 nitrogen and oxygen atoms in total. The highest BCUT2D eigenvalue weighted by molar-refractivity contribution is 6.52. The summed E-state index contributed by atoms with van der Waals surface area (Å²) in [4.78, 5) is 0. The van der Waals surface area contributed by atoms with Gasteiger partial charge in [-0.05, 0) is 0 Å². The van der Waals surface area contributed by atoms with E-state index in [-0.39, 0.29) is 0 Å². The Morgan fingerprint density at radius 1 is 1.08 bits per heavy atom. The second-order valence-corrected chi connectivity index (χ2v) is 4.87. The van der Waals surface area contributed by atoms with Gasteiger partial charge < -0.3 is 26.5 Å². The zero-order valence-electron chi connectivity index (χ0n) is 8.31. The molecule has 0 heterocycles. The maximum absolute atomic E-state index is 5.35. The van der Waals surface area contributed by atoms with Crippen LogP contribution in [0.1, 0.15) is 0 Å². The maximum atomic E-state index is 5.35. The SMILES string of the molecule is CO[Si](CNCCN)CNCCN. The van der Waals surface area contributed by atoms with Gasteiger partial charge in [0.15, 0.2) is 0 Å². The van der Waals surface area contributed by atoms with Gasteiger partial charge in [0.1, 0.15) is 0 Å². The van der Waals surface area contributed by atoms with Crippen LogP contribution in [0.3, 0.4) is 0 Å². The van der Waals surface area contributed by atoms with Gasteiger partial charge in [0, 0.05) is 45.6 Å². The van der Waals surface area contributed by atoms with Crippen LogP contribution in [-0.2, 0) is 4.43 Å². The minimum atomic E-state index is -0.762. The summed E-state index contributed by atoms with van der Waals surface area (Å²) in [6, 6.07) is 0. The van der Waals surface area contributed by atoms with Crippen LogP contribution in [-0.4, -0.2) is 54.7 Å². The van der Waals surface area contributed by atoms with E-state index in [1.165, 1.54) is 0 Å². The molecular formula is C7H21N4OSi. The molecule has 0 aromatic rings. The van der Waals surface area contributed by atoms with Crippen molar-refractivity contribution in [2.75, 3.05) is 45.6 Å². The number of hydrogen-bond acceptors (Lipinski definition) is 5. The molecule has 6 N–H and O–H groups in total. The Bertz CT molecular complexity index is 96.5. The van der Waals surface area contributed by atoms with Gasteiger partial charge >= 0.3 is 0 Å². The quantitative estimate of drug-likeness (QED) is 0.254. The van der Waals surface area contributed by atoms with E-state index in [4.69, 9.17) is 15.9 Å². The fourth-order valence-electron chi connectivity index (χ4n) is 0.867. The van der Waals surface area contributed by atoms with Gasteiger partial charge in [-0.3, -0.25) is 0 Å². The number of hydrogen-bond donors (Lipinski definition) is 4. The Balaban J connectivity index is 3.28. The van der Waals surface area contributed by atoms with E-state index in [1.54, 1.807) is 7.11 Å². The van der Waals surface area contributed by atoms with Crippen molar-refractivity contribution in [2.45, 2.75) is 0 Å². The molecule has 0 spiro atoms. The third kappa shape index (κ3) is 8.35. The Morgan fingerprint density at radius 2 is 1.54 bits per heavy atom. The van der Waals surface area contributed by atoms with Crippen LogP contribution in [0.4, 0.5) is 0 Å². The van der Waals surface area contributed by atoms with Crippen molar-refractivity contribution in [2.24, 2.45) is 11.5 Å². The van der Waals surface area contributed by atoms with Crippen LogP contribution in [0.5, 0.6) is 0 Å². The molecule has 0 amide bonds. The summed E-state index contributed by atoms with van der Waals surface area (Å²) in [5.41, 5.74) is 10.7. The second-order valence-electron chi connectivity index (χ2n) is 2.67. The molecule has 1 radical (unpaired) electrons. The summed E-state index contributed by atoms with van der Waals surface area (Å²) >= 11 is 0. The van der Waals surface area contributed by atoms with Crippen molar-refractivity contribution in [3.8, 4) is 0 Å². The highest BCUT2D eigenvalue weighted by atomic mass is 28.3. The summed E-state index contributed by atoms with van der Waals surface area (Å²) in [5.74, 6) is 0. The Labute approximate surface area is 81.9 Å². The molecule has 0 unspecified atom stereocenters. The maximum Gasteiger partial charge on any atom is 0.239 e. The van der Waals surface area contributed by atoms with Gasteiger partial charge in [0.25, 0.3) is 0 Å². The molecule has 13 heavy (non-hydrogen) atoms. The molecule has 0 atom stereocenters. The van der Waals surface area contributed by atoms with Gasteiger partial charge in [-0.25, -0.2) is 0 Å². The first-order chi connectivity index (χ1) is 6.35. The lowest BCUT2D eigenvalue weighted by Crippen LogP contribution is -2.43. The van der Waals surface area contributed by atoms with Crippen LogP contribution in [0, 0.1) is 0 Å². The number of nitrogens with two attached hydrogens (primary N) is 2. The van der Waals surface area contributed by atoms with Crippen molar-refractivity contribution < 1.29 is 4.43 Å². The highest BCUT2D eigenvalue weighted by Crippen LogP contribution is 1.78. The summed E-state index contributed by atoms with van der Waals surface area (Å²) in [6.45, 7) is 3.06. The minimum Gasteiger partial charge on any atom is -0.417 e. The Morgan fingerprint density at radius 3 is 1.85 bits per heavy atom. The van der Waals surface area contributed by atoms with E-state index >= 15 is 0 Å². The summed E-state index contributed by atoms with van der Waals surface area (Å²) in [5, 5.41) is 6.47. The van der Waals surface area contributed by atoms with Crippen LogP contribution in [0.2, 0.25) is 0 Å². The van der Waals surface area contributed by atoms with Gasteiger partial charge in [-0.1, -0.05) is 0 Å². The van der Waals surface area contributed by atoms with E-state index in [1.807, 2.05) is 0 Å². The van der Waals surface area contributed by atoms with Gasteiger partial charge in [-0.15, -0.1) is 0 Å². The van der Waals surface area contributed by atoms with Crippen molar-refractivity contribution >= 4 is 9.04 Å². The predicted octanol–water partition coefficient (Wildman–Crippen LogP) is -2.20. The van der Waals surface area contributed by atoms with E-state index < -0.39 is 9.04 Å². The summed E-state index contributed by atoms with van der Waals surface area (Å²) in [7, 11) is 0.990. The van der Waals surface area contributed by atoms with Crippen molar-refractivity contribution in [1.82, 2.24) is 10.6 Å². The molecule has 0 aliphatic rings. The van der Waals surface area contributed by atoms with Crippen molar-refractivity contribution in [3.05, 3.63) is 0 Å². The van der Waals surface area contributed by atoms with Gasteiger partial charge in [0.05, 0.1) is 0 Å². The molecule has 0 bridgehead atoms. The first-order valence-electron chi connectivity index (χ1n) is 4.55. The molecular weight excluding hydrogens is 184 g/mol. The largest absolute Gasteiger partial charge is 0.417 e. The number of nitrogens with one attached hydrogen (secondary N) is 2. The molecule has 0 aromatic carbocycles. The first-order valence-corrected chi connectivity index (χ1v) is 6.37. The fraction of sp³-hybridized carbons (Fsp3) is 1.00. The lowest BCUT2D eigenvalue weighted by atomic mass is 10.7. The predicted molar refractivity (Wildman–Crippen MR) is 56.6 cm³/mol. The van der Waals surface area contributed by atoms with Gasteiger partial charge in [-0.2, -0.15) is 0 Å². The zero-order chi connectivity index (χ0) is 9.94. The third-order valence-electron chi connectivity index (χ3n) is 1.58. The molecule has 79 valence electrons. The average Bonchev–Trinajstić information content (AvgIpc) is 2.16. The highest BCUT2D eigenvalue weighted by Gasteiger charge is 2.09. The molecule has 0 rings (SSSR count). The van der Waals surface area contributed by atoms with E-state index in [2.05, 4.69) is 10.6 Å². The first kappa shape index (κ1) is 13.0. The molecule has 0 aliphatic heterocycles. The summed E-state index contributed by atoms with van der Waals surface area (Å²) < 4.78 is 5.34.